The average molecular weight is 1170 g/mol. The van der Waals surface area contributed by atoms with E-state index < -0.39 is 195 Å². The number of guanidine groups is 1. The lowest BCUT2D eigenvalue weighted by Crippen LogP contribution is -2.60. The summed E-state index contributed by atoms with van der Waals surface area (Å²) < 4.78 is 0. The van der Waals surface area contributed by atoms with Gasteiger partial charge < -0.3 is 101 Å². The zero-order chi connectivity index (χ0) is 62.6. The third-order valence-electron chi connectivity index (χ3n) is 11.5. The number of rotatable bonds is 38. The normalized spacial score (nSPS) is 14.5. The maximum atomic E-state index is 14.2. The number of benzene rings is 1. The predicted octanol–water partition coefficient (Wildman–Crippen LogP) is -7.08. The van der Waals surface area contributed by atoms with Crippen LogP contribution in [0.3, 0.4) is 0 Å². The van der Waals surface area contributed by atoms with E-state index in [0.29, 0.717) is 0 Å². The number of aliphatic hydroxyl groups excluding tert-OH is 1. The summed E-state index contributed by atoms with van der Waals surface area (Å²) in [5.41, 5.74) is 21.7. The van der Waals surface area contributed by atoms with Crippen LogP contribution in [0.1, 0.15) is 91.0 Å². The van der Waals surface area contributed by atoms with Crippen LogP contribution in [-0.2, 0) is 73.5 Å². The fourth-order valence-corrected chi connectivity index (χ4v) is 7.20. The van der Waals surface area contributed by atoms with Crippen LogP contribution >= 0.6 is 0 Å². The molecule has 0 aliphatic carbocycles. The van der Waals surface area contributed by atoms with Gasteiger partial charge in [-0.15, -0.1) is 0 Å². The van der Waals surface area contributed by atoms with Gasteiger partial charge in [-0.3, -0.25) is 67.3 Å². The second-order valence-electron chi connectivity index (χ2n) is 19.1. The number of carbonyl (C=O) groups excluding carboxylic acids is 10. The number of amides is 10. The van der Waals surface area contributed by atoms with Crippen LogP contribution in [0.5, 0.6) is 5.75 Å². The molecular weight excluding hydrogens is 1090 g/mol. The van der Waals surface area contributed by atoms with Crippen molar-refractivity contribution in [3.05, 3.63) is 29.8 Å². The third kappa shape index (κ3) is 28.1. The molecule has 0 spiro atoms. The fraction of sp³-hybridized carbons (Fsp3) is 0.562. The third-order valence-corrected chi connectivity index (χ3v) is 11.5. The number of aliphatic carboxylic acids is 4. The van der Waals surface area contributed by atoms with Gasteiger partial charge in [-0.25, -0.2) is 4.79 Å². The van der Waals surface area contributed by atoms with E-state index in [1.165, 1.54) is 38.1 Å². The first kappa shape index (κ1) is 70.8. The largest absolute Gasteiger partial charge is 0.508 e. The van der Waals surface area contributed by atoms with Gasteiger partial charge in [0.15, 0.2) is 5.96 Å². The van der Waals surface area contributed by atoms with Crippen molar-refractivity contribution < 1.29 is 97.8 Å². The minimum atomic E-state index is -2.19. The summed E-state index contributed by atoms with van der Waals surface area (Å²) in [7, 11) is 0. The summed E-state index contributed by atoms with van der Waals surface area (Å²) >= 11 is 0. The lowest BCUT2D eigenvalue weighted by atomic mass is 10.0. The molecule has 0 saturated heterocycles. The first-order valence-corrected chi connectivity index (χ1v) is 25.3. The van der Waals surface area contributed by atoms with Gasteiger partial charge in [0.2, 0.25) is 59.1 Å². The van der Waals surface area contributed by atoms with E-state index >= 15 is 0 Å². The van der Waals surface area contributed by atoms with Crippen molar-refractivity contribution >= 4 is 88.9 Å². The quantitative estimate of drug-likeness (QED) is 0.0166. The summed E-state index contributed by atoms with van der Waals surface area (Å²) in [5.74, 6) is -18.8. The number of phenolic OH excluding ortho intramolecular Hbond substituents is 1. The van der Waals surface area contributed by atoms with Crippen LogP contribution in [0.4, 0.5) is 0 Å². The Hall–Kier alpha value is -9.21. The van der Waals surface area contributed by atoms with Gasteiger partial charge >= 0.3 is 23.9 Å². The zero-order valence-electron chi connectivity index (χ0n) is 45.3. The van der Waals surface area contributed by atoms with Gasteiger partial charge in [0.05, 0.1) is 25.5 Å². The number of carbonyl (C=O) groups is 14. The Labute approximate surface area is 468 Å². The summed E-state index contributed by atoms with van der Waals surface area (Å²) in [6, 6.07) is -10.7. The molecule has 1 rings (SSSR count). The molecule has 0 aliphatic heterocycles. The van der Waals surface area contributed by atoms with E-state index in [1.807, 2.05) is 0 Å². The highest BCUT2D eigenvalue weighted by Crippen LogP contribution is 2.14. The Kier molecular flexibility index (Phi) is 30.6. The van der Waals surface area contributed by atoms with Crippen LogP contribution in [0, 0.1) is 5.92 Å². The molecule has 34 nitrogen and oxygen atoms in total. The second-order valence-corrected chi connectivity index (χ2v) is 19.1. The topological polar surface area (TPSA) is 585 Å². The summed E-state index contributed by atoms with van der Waals surface area (Å²) in [5, 5.41) is 78.2. The number of primary amides is 1. The Balaban J connectivity index is 3.61. The molecular formula is C48H74N14O20. The Morgan fingerprint density at radius 1 is 0.524 bits per heavy atom. The van der Waals surface area contributed by atoms with Gasteiger partial charge in [0, 0.05) is 25.8 Å². The van der Waals surface area contributed by atoms with Gasteiger partial charge in [0.25, 0.3) is 0 Å². The maximum absolute atomic E-state index is 14.2. The molecule has 10 atom stereocenters. The highest BCUT2D eigenvalue weighted by molar-refractivity contribution is 5.99. The molecule has 23 N–H and O–H groups in total. The molecule has 10 amide bonds. The number of aromatic hydroxyl groups is 1. The molecule has 34 heteroatoms. The van der Waals surface area contributed by atoms with Crippen molar-refractivity contribution in [3.8, 4) is 5.75 Å². The van der Waals surface area contributed by atoms with Gasteiger partial charge in [-0.05, 0) is 69.6 Å². The van der Waals surface area contributed by atoms with Crippen LogP contribution < -0.4 is 70.8 Å². The number of phenols is 1. The van der Waals surface area contributed by atoms with Crippen LogP contribution in [0.2, 0.25) is 0 Å². The maximum Gasteiger partial charge on any atom is 0.326 e. The molecule has 0 aliphatic rings. The molecule has 0 bridgehead atoms. The van der Waals surface area contributed by atoms with Crippen LogP contribution in [0.25, 0.3) is 0 Å². The number of carboxylic acids is 4. The van der Waals surface area contributed by atoms with E-state index in [0.717, 1.165) is 0 Å². The summed E-state index contributed by atoms with van der Waals surface area (Å²) in [4.78, 5) is 185. The standard InChI is InChI=1S/C48H74N14O20/c1-21(2)16-32(47(81)82)62-40(74)26(6-5-15-53-48(51)52)57-44(78)30(18-36(69)70)61-43(77)29(17-24-7-9-25(64)10-8-24)59-45(79)31(19-37(71)72)60-42(76)28(12-14-35(67)68)58-41(75)27(11-13-33(49)65)56-34(66)20-54-39(73)22(3)55-46(80)38(50)23(4)63/h7-10,21-23,26-32,38,63-64H,5-6,11-20,50H2,1-4H3,(H2,49,65)(H,54,73)(H,55,80)(H,56,66)(H,57,78)(H,58,75)(H,59,79)(H,60,76)(H,61,77)(H,62,74)(H,67,68)(H,69,70)(H,71,72)(H,81,82)(H4,51,52,53)/t22-,23+,26-,27-,28-,29-,30-,31-,32-,38-/m0/s1. The lowest BCUT2D eigenvalue weighted by Gasteiger charge is -2.27. The monoisotopic (exact) mass is 1170 g/mol. The molecule has 1 aromatic carbocycles. The molecule has 0 radical (unpaired) electrons. The van der Waals surface area contributed by atoms with E-state index in [9.17, 15) is 97.8 Å². The number of nitrogens with one attached hydrogen (secondary N) is 9. The van der Waals surface area contributed by atoms with Crippen molar-refractivity contribution in [2.75, 3.05) is 13.1 Å². The van der Waals surface area contributed by atoms with Crippen molar-refractivity contribution in [2.45, 2.75) is 152 Å². The molecule has 0 saturated carbocycles. The Morgan fingerprint density at radius 2 is 0.963 bits per heavy atom. The average Bonchev–Trinajstić information content (AvgIpc) is 3.38. The number of aliphatic hydroxyl groups is 1. The first-order valence-electron chi connectivity index (χ1n) is 25.3. The number of aliphatic imine (C=N–C) groups is 1. The van der Waals surface area contributed by atoms with E-state index in [2.05, 4.69) is 52.8 Å². The number of hydrogen-bond acceptors (Lipinski definition) is 18. The van der Waals surface area contributed by atoms with E-state index in [1.54, 1.807) is 13.8 Å². The lowest BCUT2D eigenvalue weighted by molar-refractivity contribution is -0.143. The van der Waals surface area contributed by atoms with Crippen molar-refractivity contribution in [1.29, 1.82) is 0 Å². The molecule has 1 aromatic rings. The molecule has 0 heterocycles. The van der Waals surface area contributed by atoms with Crippen molar-refractivity contribution in [2.24, 2.45) is 33.8 Å². The number of nitrogens with two attached hydrogens (primary N) is 4. The van der Waals surface area contributed by atoms with Gasteiger partial charge in [-0.1, -0.05) is 26.0 Å². The van der Waals surface area contributed by atoms with Gasteiger partial charge in [0.1, 0.15) is 60.1 Å². The van der Waals surface area contributed by atoms with Crippen LogP contribution in [0.15, 0.2) is 29.3 Å². The van der Waals surface area contributed by atoms with Crippen LogP contribution in [-0.4, -0.2) is 193 Å². The van der Waals surface area contributed by atoms with E-state index in [-0.39, 0.29) is 49.0 Å². The van der Waals surface area contributed by atoms with Crippen molar-refractivity contribution in [3.63, 3.8) is 0 Å². The number of carboxylic acid groups (broad SMARTS) is 4. The predicted molar refractivity (Wildman–Crippen MR) is 282 cm³/mol. The fourth-order valence-electron chi connectivity index (χ4n) is 7.20. The smallest absolute Gasteiger partial charge is 0.326 e. The molecule has 456 valence electrons. The minimum absolute atomic E-state index is 0.00250. The van der Waals surface area contributed by atoms with Gasteiger partial charge in [-0.2, -0.15) is 0 Å². The van der Waals surface area contributed by atoms with E-state index in [4.69, 9.17) is 22.9 Å². The number of hydrogen-bond donors (Lipinski definition) is 19. The summed E-state index contributed by atoms with van der Waals surface area (Å²) in [6.45, 7) is 4.87. The summed E-state index contributed by atoms with van der Waals surface area (Å²) in [6.07, 6.45) is -7.31. The Morgan fingerprint density at radius 3 is 1.41 bits per heavy atom. The highest BCUT2D eigenvalue weighted by Gasteiger charge is 2.36. The molecule has 0 fully saturated rings. The highest BCUT2D eigenvalue weighted by atomic mass is 16.4. The second kappa shape index (κ2) is 35.4. The minimum Gasteiger partial charge on any atom is -0.508 e. The van der Waals surface area contributed by atoms with Crippen molar-refractivity contribution in [1.82, 2.24) is 47.9 Å². The Bertz CT molecular complexity index is 2490. The zero-order valence-corrected chi connectivity index (χ0v) is 45.3. The first-order chi connectivity index (χ1) is 38.2. The number of nitrogens with zero attached hydrogens (tertiary/aromatic N) is 1. The molecule has 82 heavy (non-hydrogen) atoms. The molecule has 0 aromatic heterocycles. The molecule has 0 unspecified atom stereocenters. The SMILES string of the molecule is CC(C)C[C@H](NC(=O)[C@H](CCCN=C(N)N)NC(=O)[C@H](CC(=O)O)NC(=O)[C@H](Cc1ccc(O)cc1)NC(=O)[C@H](CC(=O)O)NC(=O)[C@H](CCC(=O)O)NC(=O)[C@H](CCC(N)=O)NC(=O)CNC(=O)[C@H](C)NC(=O)[C@@H](N)[C@@H](C)O)C(=O)O.